The molecule has 0 aliphatic heterocycles. The van der Waals surface area contributed by atoms with E-state index >= 15 is 0 Å². The van der Waals surface area contributed by atoms with Crippen molar-refractivity contribution >= 4 is 46.3 Å². The van der Waals surface area contributed by atoms with E-state index < -0.39 is 17.7 Å². The van der Waals surface area contributed by atoms with E-state index in [9.17, 15) is 9.59 Å². The lowest BCUT2D eigenvalue weighted by molar-refractivity contribution is -0.126. The van der Waals surface area contributed by atoms with Crippen molar-refractivity contribution in [1.82, 2.24) is 0 Å². The van der Waals surface area contributed by atoms with Crippen LogP contribution < -0.4 is 24.3 Å². The Labute approximate surface area is 202 Å². The molecule has 2 rings (SSSR count). The lowest BCUT2D eigenvalue weighted by Crippen LogP contribution is -2.31. The van der Waals surface area contributed by atoms with Gasteiger partial charge in [-0.15, -0.1) is 5.11 Å². The van der Waals surface area contributed by atoms with Crippen molar-refractivity contribution in [3.05, 3.63) is 34.3 Å². The highest BCUT2D eigenvalue weighted by atomic mass is 35.5. The van der Waals surface area contributed by atoms with Crippen LogP contribution in [0.15, 0.2) is 34.5 Å². The first-order valence-corrected chi connectivity index (χ1v) is 10.7. The lowest BCUT2D eigenvalue weighted by Gasteiger charge is -2.16. The van der Waals surface area contributed by atoms with Crippen LogP contribution in [0.4, 0.5) is 11.4 Å². The number of amides is 1. The van der Waals surface area contributed by atoms with Gasteiger partial charge < -0.3 is 24.3 Å². The van der Waals surface area contributed by atoms with Gasteiger partial charge in [-0.05, 0) is 39.0 Å². The average molecular weight is 498 g/mol. The van der Waals surface area contributed by atoms with Gasteiger partial charge in [0.05, 0.1) is 32.5 Å². The topological polar surface area (TPSA) is 108 Å². The largest absolute Gasteiger partial charge is 0.495 e. The van der Waals surface area contributed by atoms with Gasteiger partial charge in [0.15, 0.2) is 17.3 Å². The number of azo groups is 1. The minimum absolute atomic E-state index is 0.125. The van der Waals surface area contributed by atoms with E-state index in [2.05, 4.69) is 15.5 Å². The summed E-state index contributed by atoms with van der Waals surface area (Å²) in [5, 5.41) is 10.9. The Morgan fingerprint density at radius 3 is 2.21 bits per heavy atom. The maximum atomic E-state index is 12.8. The van der Waals surface area contributed by atoms with Gasteiger partial charge in [0, 0.05) is 11.8 Å². The van der Waals surface area contributed by atoms with Crippen LogP contribution >= 0.6 is 23.2 Å². The van der Waals surface area contributed by atoms with Crippen molar-refractivity contribution in [2.75, 3.05) is 32.8 Å². The average Bonchev–Trinajstić information content (AvgIpc) is 2.77. The minimum atomic E-state index is -1.45. The van der Waals surface area contributed by atoms with E-state index in [1.807, 2.05) is 6.92 Å². The maximum absolute atomic E-state index is 12.8. The molecular formula is C22H25Cl2N3O6. The minimum Gasteiger partial charge on any atom is -0.495 e. The number of halogens is 2. The Morgan fingerprint density at radius 1 is 1.00 bits per heavy atom. The van der Waals surface area contributed by atoms with E-state index in [1.165, 1.54) is 27.2 Å². The fourth-order valence-electron chi connectivity index (χ4n) is 2.78. The highest BCUT2D eigenvalue weighted by Crippen LogP contribution is 2.42. The van der Waals surface area contributed by atoms with Crippen molar-refractivity contribution in [3.63, 3.8) is 0 Å². The summed E-state index contributed by atoms with van der Waals surface area (Å²) in [6.07, 6.45) is 0. The van der Waals surface area contributed by atoms with Crippen LogP contribution in [0.1, 0.15) is 20.8 Å². The maximum Gasteiger partial charge on any atom is 0.258 e. The summed E-state index contributed by atoms with van der Waals surface area (Å²) in [7, 11) is 2.87. The molecule has 2 aromatic rings. The predicted octanol–water partition coefficient (Wildman–Crippen LogP) is 5.49. The van der Waals surface area contributed by atoms with Crippen molar-refractivity contribution in [1.29, 1.82) is 0 Å². The molecule has 0 saturated carbocycles. The van der Waals surface area contributed by atoms with Gasteiger partial charge in [0.2, 0.25) is 6.04 Å². The summed E-state index contributed by atoms with van der Waals surface area (Å²) < 4.78 is 21.5. The fraction of sp³-hybridized carbons (Fsp3) is 0.364. The van der Waals surface area contributed by atoms with Crippen molar-refractivity contribution in [2.45, 2.75) is 26.8 Å². The number of hydrogen-bond acceptors (Lipinski definition) is 8. The third-order valence-electron chi connectivity index (χ3n) is 4.26. The molecule has 0 aliphatic rings. The first-order chi connectivity index (χ1) is 15.8. The molecule has 0 heterocycles. The first-order valence-electron chi connectivity index (χ1n) is 9.99. The zero-order valence-corrected chi connectivity index (χ0v) is 20.4. The van der Waals surface area contributed by atoms with E-state index in [4.69, 9.17) is 42.1 Å². The molecule has 178 valence electrons. The molecule has 1 amide bonds. The number of benzene rings is 2. The molecule has 1 N–H and O–H groups in total. The zero-order chi connectivity index (χ0) is 24.5. The highest BCUT2D eigenvalue weighted by molar-refractivity contribution is 6.34. The molecule has 1 unspecified atom stereocenters. The van der Waals surface area contributed by atoms with Crippen molar-refractivity contribution in [3.8, 4) is 23.0 Å². The second-order valence-electron chi connectivity index (χ2n) is 6.50. The number of methoxy groups -OCH3 is 2. The Bertz CT molecular complexity index is 1050. The summed E-state index contributed by atoms with van der Waals surface area (Å²) in [6, 6.07) is 4.77. The molecule has 0 bridgehead atoms. The molecule has 0 aliphatic carbocycles. The summed E-state index contributed by atoms with van der Waals surface area (Å²) in [5.41, 5.74) is 0.427. The van der Waals surface area contributed by atoms with Crippen LogP contribution in [0, 0.1) is 0 Å². The van der Waals surface area contributed by atoms with E-state index in [-0.39, 0.29) is 15.7 Å². The third kappa shape index (κ3) is 6.49. The number of nitrogens with one attached hydrogen (secondary N) is 1. The second-order valence-corrected chi connectivity index (χ2v) is 7.29. The van der Waals surface area contributed by atoms with Gasteiger partial charge in [0.25, 0.3) is 5.91 Å². The monoisotopic (exact) mass is 497 g/mol. The number of Topliss-reactive ketones (excluding diaryl/α,β-unsaturated/α-hetero) is 1. The molecule has 0 spiro atoms. The molecule has 0 fully saturated rings. The number of nitrogens with zero attached hydrogens (tertiary/aromatic N) is 2. The lowest BCUT2D eigenvalue weighted by atomic mass is 10.2. The van der Waals surface area contributed by atoms with Gasteiger partial charge in [-0.1, -0.05) is 23.2 Å². The third-order valence-corrected chi connectivity index (χ3v) is 4.90. The summed E-state index contributed by atoms with van der Waals surface area (Å²) in [5.74, 6) is 0.107. The normalized spacial score (nSPS) is 11.7. The Kier molecular flexibility index (Phi) is 9.74. The number of rotatable bonds is 11. The van der Waals surface area contributed by atoms with Crippen LogP contribution in [0.2, 0.25) is 10.0 Å². The van der Waals surface area contributed by atoms with Gasteiger partial charge in [-0.25, -0.2) is 0 Å². The Balaban J connectivity index is 2.35. The Morgan fingerprint density at radius 2 is 1.64 bits per heavy atom. The highest BCUT2D eigenvalue weighted by Gasteiger charge is 2.25. The predicted molar refractivity (Wildman–Crippen MR) is 126 cm³/mol. The summed E-state index contributed by atoms with van der Waals surface area (Å²) >= 11 is 12.6. The Hall–Kier alpha value is -3.04. The molecule has 0 aromatic heterocycles. The van der Waals surface area contributed by atoms with Crippen LogP contribution in [0.5, 0.6) is 23.0 Å². The molecule has 0 saturated heterocycles. The van der Waals surface area contributed by atoms with Gasteiger partial charge >= 0.3 is 0 Å². The van der Waals surface area contributed by atoms with Crippen molar-refractivity contribution < 1.29 is 28.5 Å². The number of ether oxygens (including phenoxy) is 4. The SMILES string of the molecule is CCOc1cc(NC(=O)C(N=Nc2c(OC)ccc(OC)c2Cl)C(C)=O)cc(Cl)c1OCC. The summed E-state index contributed by atoms with van der Waals surface area (Å²) in [4.78, 5) is 25.0. The molecule has 0 radical (unpaired) electrons. The zero-order valence-electron chi connectivity index (χ0n) is 18.9. The van der Waals surface area contributed by atoms with Crippen LogP contribution in [0.3, 0.4) is 0 Å². The molecule has 2 aromatic carbocycles. The van der Waals surface area contributed by atoms with Gasteiger partial charge in [-0.3, -0.25) is 9.59 Å². The molecule has 1 atom stereocenters. The van der Waals surface area contributed by atoms with Crippen LogP contribution in [0.25, 0.3) is 0 Å². The molecule has 9 nitrogen and oxygen atoms in total. The van der Waals surface area contributed by atoms with Gasteiger partial charge in [0.1, 0.15) is 22.2 Å². The first kappa shape index (κ1) is 26.2. The van der Waals surface area contributed by atoms with E-state index in [1.54, 1.807) is 25.1 Å². The number of ketones is 1. The fourth-order valence-corrected chi connectivity index (χ4v) is 3.31. The molecular weight excluding hydrogens is 473 g/mol. The number of anilines is 1. The number of carbonyl (C=O) groups excluding carboxylic acids is 2. The standard InChI is InChI=1S/C22H25Cl2N3O6/c1-6-32-17-11-13(10-14(23)21(17)33-7-2)25-22(29)19(12(3)28)26-27-20-16(31-5)9-8-15(30-4)18(20)24/h8-11,19H,6-7H2,1-5H3,(H,25,29). The van der Waals surface area contributed by atoms with E-state index in [0.29, 0.717) is 41.9 Å². The van der Waals surface area contributed by atoms with Crippen LogP contribution in [-0.4, -0.2) is 45.2 Å². The summed E-state index contributed by atoms with van der Waals surface area (Å²) in [6.45, 7) is 5.59. The number of carbonyl (C=O) groups is 2. The van der Waals surface area contributed by atoms with Crippen molar-refractivity contribution in [2.24, 2.45) is 10.2 Å². The van der Waals surface area contributed by atoms with Crippen LogP contribution in [-0.2, 0) is 9.59 Å². The van der Waals surface area contributed by atoms with E-state index in [0.717, 1.165) is 0 Å². The number of hydrogen-bond donors (Lipinski definition) is 1. The molecule has 33 heavy (non-hydrogen) atoms. The molecule has 11 heteroatoms. The smallest absolute Gasteiger partial charge is 0.258 e. The second kappa shape index (κ2) is 12.3. The quantitative estimate of drug-likeness (QED) is 0.324. The van der Waals surface area contributed by atoms with Gasteiger partial charge in [-0.2, -0.15) is 5.11 Å².